The lowest BCUT2D eigenvalue weighted by atomic mass is 10.2. The summed E-state index contributed by atoms with van der Waals surface area (Å²) in [6, 6.07) is 11.3. The second-order valence-corrected chi connectivity index (χ2v) is 5.17. The van der Waals surface area contributed by atoms with Crippen LogP contribution in [-0.2, 0) is 0 Å². The maximum atomic E-state index is 12.0. The molecule has 0 atom stereocenters. The summed E-state index contributed by atoms with van der Waals surface area (Å²) >= 11 is 0. The zero-order valence-electron chi connectivity index (χ0n) is 13.2. The molecule has 8 nitrogen and oxygen atoms in total. The number of aryl methyl sites for hydroxylation is 1. The molecule has 0 radical (unpaired) electrons. The Balaban J connectivity index is 1.74. The minimum absolute atomic E-state index is 0.0221. The number of nitro benzene ring substituents is 1. The van der Waals surface area contributed by atoms with Gasteiger partial charge in [-0.05, 0) is 37.3 Å². The summed E-state index contributed by atoms with van der Waals surface area (Å²) in [4.78, 5) is 22.2. The molecule has 0 aliphatic carbocycles. The number of nitrogens with zero attached hydrogens (tertiary/aromatic N) is 3. The lowest BCUT2D eigenvalue weighted by molar-refractivity contribution is -0.384. The lowest BCUT2D eigenvalue weighted by Crippen LogP contribution is -2.18. The molecule has 25 heavy (non-hydrogen) atoms. The lowest BCUT2D eigenvalue weighted by Gasteiger charge is -2.05. The molecule has 8 heteroatoms. The fourth-order valence-electron chi connectivity index (χ4n) is 2.31. The predicted octanol–water partition coefficient (Wildman–Crippen LogP) is 3.05. The monoisotopic (exact) mass is 338 g/mol. The summed E-state index contributed by atoms with van der Waals surface area (Å²) in [6.07, 6.45) is 4.73. The van der Waals surface area contributed by atoms with Crippen molar-refractivity contribution in [2.24, 2.45) is 5.10 Å². The normalized spacial score (nSPS) is 10.9. The van der Waals surface area contributed by atoms with E-state index in [1.165, 1.54) is 24.6 Å². The molecule has 1 amide bonds. The van der Waals surface area contributed by atoms with Crippen molar-refractivity contribution in [1.29, 1.82) is 0 Å². The smallest absolute Gasteiger partial charge is 0.274 e. The highest BCUT2D eigenvalue weighted by Gasteiger charge is 2.10. The van der Waals surface area contributed by atoms with Crippen LogP contribution in [0.5, 0.6) is 0 Å². The topological polar surface area (TPSA) is 103 Å². The van der Waals surface area contributed by atoms with Gasteiger partial charge in [-0.25, -0.2) is 5.43 Å². The van der Waals surface area contributed by atoms with Gasteiger partial charge in [0.2, 0.25) is 0 Å². The van der Waals surface area contributed by atoms with E-state index < -0.39 is 4.92 Å². The minimum Gasteiger partial charge on any atom is -0.469 e. The second kappa shape index (κ2) is 6.83. The van der Waals surface area contributed by atoms with Crippen LogP contribution in [0.4, 0.5) is 5.69 Å². The number of non-ortho nitro benzene ring substituents is 1. The van der Waals surface area contributed by atoms with E-state index in [2.05, 4.69) is 10.5 Å². The van der Waals surface area contributed by atoms with Crippen molar-refractivity contribution in [3.8, 4) is 5.69 Å². The molecule has 2 heterocycles. The number of hydrogen-bond acceptors (Lipinski definition) is 5. The van der Waals surface area contributed by atoms with Gasteiger partial charge < -0.3 is 8.98 Å². The van der Waals surface area contributed by atoms with Gasteiger partial charge >= 0.3 is 0 Å². The zero-order chi connectivity index (χ0) is 17.8. The van der Waals surface area contributed by atoms with Gasteiger partial charge in [0.15, 0.2) is 0 Å². The number of hydrogen-bond donors (Lipinski definition) is 1. The third kappa shape index (κ3) is 3.47. The van der Waals surface area contributed by atoms with Crippen molar-refractivity contribution in [2.75, 3.05) is 0 Å². The largest absolute Gasteiger partial charge is 0.469 e. The number of aromatic nitrogens is 1. The van der Waals surface area contributed by atoms with Gasteiger partial charge in [0.05, 0.1) is 28.7 Å². The van der Waals surface area contributed by atoms with E-state index in [1.54, 1.807) is 42.0 Å². The number of hydrazone groups is 1. The number of nitro groups is 1. The third-order valence-corrected chi connectivity index (χ3v) is 3.59. The Morgan fingerprint density at radius 2 is 2.04 bits per heavy atom. The molecule has 0 fully saturated rings. The van der Waals surface area contributed by atoms with Crippen molar-refractivity contribution in [1.82, 2.24) is 9.99 Å². The van der Waals surface area contributed by atoms with Gasteiger partial charge in [0.25, 0.3) is 11.6 Å². The van der Waals surface area contributed by atoms with Gasteiger partial charge in [-0.15, -0.1) is 0 Å². The van der Waals surface area contributed by atoms with Crippen LogP contribution in [0.25, 0.3) is 5.69 Å². The van der Waals surface area contributed by atoms with Gasteiger partial charge in [0.1, 0.15) is 5.76 Å². The maximum Gasteiger partial charge on any atom is 0.274 e. The number of amides is 1. The molecular formula is C17H14N4O4. The van der Waals surface area contributed by atoms with Crippen LogP contribution < -0.4 is 5.43 Å². The van der Waals surface area contributed by atoms with Crippen LogP contribution in [0.3, 0.4) is 0 Å². The summed E-state index contributed by atoms with van der Waals surface area (Å²) in [5, 5.41) is 14.7. The number of carbonyl (C=O) groups is 1. The number of furan rings is 1. The van der Waals surface area contributed by atoms with Crippen LogP contribution in [0.15, 0.2) is 64.4 Å². The van der Waals surface area contributed by atoms with Crippen LogP contribution >= 0.6 is 0 Å². The van der Waals surface area contributed by atoms with E-state index in [0.717, 1.165) is 5.69 Å². The zero-order valence-corrected chi connectivity index (χ0v) is 13.2. The predicted molar refractivity (Wildman–Crippen MR) is 90.9 cm³/mol. The second-order valence-electron chi connectivity index (χ2n) is 5.17. The first kappa shape index (κ1) is 16.2. The molecule has 3 aromatic rings. The molecule has 0 spiro atoms. The van der Waals surface area contributed by atoms with Gasteiger partial charge in [0, 0.05) is 24.0 Å². The van der Waals surface area contributed by atoms with Gasteiger partial charge in [-0.3, -0.25) is 14.9 Å². The van der Waals surface area contributed by atoms with Crippen LogP contribution in [-0.4, -0.2) is 21.6 Å². The molecule has 3 rings (SSSR count). The van der Waals surface area contributed by atoms with E-state index in [0.29, 0.717) is 17.0 Å². The fraction of sp³-hybridized carbons (Fsp3) is 0.0588. The van der Waals surface area contributed by atoms with Crippen LogP contribution in [0.2, 0.25) is 0 Å². The molecule has 0 unspecified atom stereocenters. The summed E-state index contributed by atoms with van der Waals surface area (Å²) in [5.41, 5.74) is 4.33. The molecule has 0 saturated heterocycles. The number of benzene rings is 1. The molecule has 1 aromatic carbocycles. The third-order valence-electron chi connectivity index (χ3n) is 3.59. The van der Waals surface area contributed by atoms with Crippen molar-refractivity contribution >= 4 is 17.8 Å². The number of carbonyl (C=O) groups excluding carboxylic acids is 1. The Kier molecular flexibility index (Phi) is 4.42. The highest BCUT2D eigenvalue weighted by molar-refractivity contribution is 5.95. The molecular weight excluding hydrogens is 324 g/mol. The highest BCUT2D eigenvalue weighted by Crippen LogP contribution is 2.17. The van der Waals surface area contributed by atoms with Crippen LogP contribution in [0, 0.1) is 17.0 Å². The first-order chi connectivity index (χ1) is 12.1. The number of rotatable bonds is 5. The SMILES string of the molecule is Cc1occc1C(=O)N/N=C\c1cccn1-c1ccc([N+](=O)[O-])cc1. The fourth-order valence-corrected chi connectivity index (χ4v) is 2.31. The Labute approximate surface area is 142 Å². The van der Waals surface area contributed by atoms with E-state index in [4.69, 9.17) is 4.42 Å². The van der Waals surface area contributed by atoms with Gasteiger partial charge in [-0.1, -0.05) is 0 Å². The minimum atomic E-state index is -0.449. The summed E-state index contributed by atoms with van der Waals surface area (Å²) in [5.74, 6) is 0.151. The quantitative estimate of drug-likeness (QED) is 0.439. The molecule has 0 aliphatic rings. The molecule has 126 valence electrons. The maximum absolute atomic E-state index is 12.0. The molecule has 0 saturated carbocycles. The van der Waals surface area contributed by atoms with E-state index >= 15 is 0 Å². The van der Waals surface area contributed by atoms with Crippen molar-refractivity contribution < 1.29 is 14.1 Å². The summed E-state index contributed by atoms with van der Waals surface area (Å²) in [6.45, 7) is 1.69. The molecule has 0 aliphatic heterocycles. The van der Waals surface area contributed by atoms with Crippen LogP contribution in [0.1, 0.15) is 21.8 Å². The summed E-state index contributed by atoms with van der Waals surface area (Å²) in [7, 11) is 0. The Morgan fingerprint density at radius 1 is 1.28 bits per heavy atom. The Morgan fingerprint density at radius 3 is 2.68 bits per heavy atom. The average Bonchev–Trinajstić information content (AvgIpc) is 3.23. The first-order valence-electron chi connectivity index (χ1n) is 7.36. The highest BCUT2D eigenvalue weighted by atomic mass is 16.6. The molecule has 1 N–H and O–H groups in total. The van der Waals surface area contributed by atoms with Crippen molar-refractivity contribution in [3.05, 3.63) is 82.1 Å². The van der Waals surface area contributed by atoms with Gasteiger partial charge in [-0.2, -0.15) is 5.10 Å². The van der Waals surface area contributed by atoms with E-state index in [-0.39, 0.29) is 11.6 Å². The Hall–Kier alpha value is -3.68. The van der Waals surface area contributed by atoms with E-state index in [9.17, 15) is 14.9 Å². The average molecular weight is 338 g/mol. The standard InChI is InChI=1S/C17H14N4O4/c1-12-16(8-10-25-12)17(22)19-18-11-15-3-2-9-20(15)13-4-6-14(7-5-13)21(23)24/h2-11H,1H3,(H,19,22)/b18-11-. The Bertz CT molecular complexity index is 938. The first-order valence-corrected chi connectivity index (χ1v) is 7.36. The van der Waals surface area contributed by atoms with Crippen molar-refractivity contribution in [3.63, 3.8) is 0 Å². The van der Waals surface area contributed by atoms with Crippen molar-refractivity contribution in [2.45, 2.75) is 6.92 Å². The summed E-state index contributed by atoms with van der Waals surface area (Å²) < 4.78 is 6.87. The number of nitrogens with one attached hydrogen (secondary N) is 1. The van der Waals surface area contributed by atoms with E-state index in [1.807, 2.05) is 6.07 Å². The molecule has 0 bridgehead atoms. The molecule has 2 aromatic heterocycles.